The fourth-order valence-corrected chi connectivity index (χ4v) is 3.23. The van der Waals surface area contributed by atoms with Gasteiger partial charge in [0.15, 0.2) is 0 Å². The minimum absolute atomic E-state index is 0.0203. The number of esters is 1. The van der Waals surface area contributed by atoms with E-state index in [9.17, 15) is 4.79 Å². The molecule has 0 bridgehead atoms. The second kappa shape index (κ2) is 2.47. The third-order valence-electron chi connectivity index (χ3n) is 3.33. The monoisotopic (exact) mass is 183 g/mol. The molecule has 2 aliphatic rings. The third kappa shape index (κ3) is 1.26. The molecule has 2 N–H and O–H groups in total. The van der Waals surface area contributed by atoms with E-state index in [2.05, 4.69) is 13.8 Å². The molecule has 1 heterocycles. The van der Waals surface area contributed by atoms with Crippen molar-refractivity contribution in [2.24, 2.45) is 16.6 Å². The average molecular weight is 183 g/mol. The Balaban J connectivity index is 2.11. The third-order valence-corrected chi connectivity index (χ3v) is 3.33. The predicted octanol–water partition coefficient (Wildman–Crippen LogP) is 1.07. The summed E-state index contributed by atoms with van der Waals surface area (Å²) in [5.41, 5.74) is 6.06. The van der Waals surface area contributed by atoms with Crippen molar-refractivity contribution in [1.29, 1.82) is 0 Å². The maximum atomic E-state index is 11.2. The van der Waals surface area contributed by atoms with E-state index in [4.69, 9.17) is 10.5 Å². The van der Waals surface area contributed by atoms with Crippen LogP contribution in [0.3, 0.4) is 0 Å². The van der Waals surface area contributed by atoms with Crippen LogP contribution in [0.2, 0.25) is 0 Å². The number of rotatable bonds is 1. The maximum Gasteiger partial charge on any atom is 0.306 e. The molecule has 1 saturated carbocycles. The lowest BCUT2D eigenvalue weighted by atomic mass is 9.52. The van der Waals surface area contributed by atoms with Crippen molar-refractivity contribution in [3.8, 4) is 0 Å². The Morgan fingerprint density at radius 3 is 2.62 bits per heavy atom. The zero-order chi connectivity index (χ0) is 9.69. The number of carbonyl (C=O) groups is 1. The smallest absolute Gasteiger partial charge is 0.306 e. The van der Waals surface area contributed by atoms with Crippen LogP contribution in [-0.2, 0) is 9.53 Å². The number of hydrogen-bond donors (Lipinski definition) is 1. The molecule has 13 heavy (non-hydrogen) atoms. The largest absolute Gasteiger partial charge is 0.460 e. The molecule has 3 heteroatoms. The van der Waals surface area contributed by atoms with Crippen LogP contribution in [0.5, 0.6) is 0 Å². The first kappa shape index (κ1) is 9.00. The molecule has 0 aromatic carbocycles. The molecule has 0 aromatic heterocycles. The van der Waals surface area contributed by atoms with Gasteiger partial charge in [-0.1, -0.05) is 13.8 Å². The van der Waals surface area contributed by atoms with Crippen molar-refractivity contribution in [3.05, 3.63) is 0 Å². The van der Waals surface area contributed by atoms with Crippen LogP contribution in [0.15, 0.2) is 0 Å². The summed E-state index contributed by atoms with van der Waals surface area (Å²) in [5, 5.41) is 0. The van der Waals surface area contributed by atoms with E-state index in [1.807, 2.05) is 0 Å². The number of nitrogens with two attached hydrogens (primary N) is 1. The Kier molecular flexibility index (Phi) is 1.71. The summed E-state index contributed by atoms with van der Waals surface area (Å²) >= 11 is 0. The highest BCUT2D eigenvalue weighted by Crippen LogP contribution is 2.60. The molecule has 1 aliphatic carbocycles. The number of hydrogen-bond acceptors (Lipinski definition) is 3. The molecular weight excluding hydrogens is 166 g/mol. The molecule has 0 radical (unpaired) electrons. The van der Waals surface area contributed by atoms with Crippen molar-refractivity contribution >= 4 is 5.97 Å². The minimum atomic E-state index is -0.0639. The number of ether oxygens (including phenoxy) is 1. The molecule has 0 aromatic rings. The van der Waals surface area contributed by atoms with Crippen molar-refractivity contribution < 1.29 is 9.53 Å². The highest BCUT2D eigenvalue weighted by molar-refractivity contribution is 5.73. The Morgan fingerprint density at radius 2 is 2.15 bits per heavy atom. The van der Waals surface area contributed by atoms with Gasteiger partial charge in [0.1, 0.15) is 6.10 Å². The van der Waals surface area contributed by atoms with Crippen molar-refractivity contribution in [3.63, 3.8) is 0 Å². The lowest BCUT2D eigenvalue weighted by molar-refractivity contribution is -0.142. The first-order chi connectivity index (χ1) is 5.97. The van der Waals surface area contributed by atoms with Crippen LogP contribution in [0.4, 0.5) is 0 Å². The first-order valence-electron chi connectivity index (χ1n) is 4.87. The van der Waals surface area contributed by atoms with Crippen LogP contribution < -0.4 is 5.73 Å². The van der Waals surface area contributed by atoms with Gasteiger partial charge >= 0.3 is 5.97 Å². The molecule has 1 spiro atoms. The summed E-state index contributed by atoms with van der Waals surface area (Å²) in [4.78, 5) is 11.2. The summed E-state index contributed by atoms with van der Waals surface area (Å²) in [6.07, 6.45) is 2.72. The molecule has 1 unspecified atom stereocenters. The van der Waals surface area contributed by atoms with Crippen LogP contribution in [0.1, 0.15) is 33.1 Å². The van der Waals surface area contributed by atoms with E-state index in [-0.39, 0.29) is 17.5 Å². The highest BCUT2D eigenvalue weighted by atomic mass is 16.6. The second-order valence-corrected chi connectivity index (χ2v) is 5.27. The summed E-state index contributed by atoms with van der Waals surface area (Å²) in [6.45, 7) is 4.94. The van der Waals surface area contributed by atoms with Gasteiger partial charge in [-0.05, 0) is 18.3 Å². The Morgan fingerprint density at radius 1 is 1.54 bits per heavy atom. The summed E-state index contributed by atoms with van der Waals surface area (Å²) in [6, 6.07) is 0. The normalized spacial score (nSPS) is 34.4. The minimum Gasteiger partial charge on any atom is -0.460 e. The van der Waals surface area contributed by atoms with Gasteiger partial charge < -0.3 is 10.5 Å². The standard InChI is InChI=1S/C10H17NO2/c1-9(2)5-10(6-9)3-8(12)13-7(10)4-11/h7H,3-6,11H2,1-2H3. The average Bonchev–Trinajstić information content (AvgIpc) is 2.24. The fraction of sp³-hybridized carbons (Fsp3) is 0.900. The quantitative estimate of drug-likeness (QED) is 0.618. The molecule has 74 valence electrons. The SMILES string of the molecule is CC1(C)CC2(CC(=O)OC2CN)C1. The molecule has 0 amide bonds. The molecule has 1 saturated heterocycles. The van der Waals surface area contributed by atoms with Crippen LogP contribution in [0, 0.1) is 10.8 Å². The van der Waals surface area contributed by atoms with E-state index in [0.717, 1.165) is 12.8 Å². The Hall–Kier alpha value is -0.570. The van der Waals surface area contributed by atoms with E-state index in [0.29, 0.717) is 18.4 Å². The fourth-order valence-electron chi connectivity index (χ4n) is 3.23. The summed E-state index contributed by atoms with van der Waals surface area (Å²) < 4.78 is 5.20. The van der Waals surface area contributed by atoms with Crippen LogP contribution in [-0.4, -0.2) is 18.6 Å². The van der Waals surface area contributed by atoms with Gasteiger partial charge in [-0.2, -0.15) is 0 Å². The highest BCUT2D eigenvalue weighted by Gasteiger charge is 2.59. The second-order valence-electron chi connectivity index (χ2n) is 5.27. The Bertz CT molecular complexity index is 239. The van der Waals surface area contributed by atoms with Gasteiger partial charge in [0, 0.05) is 12.0 Å². The molecular formula is C10H17NO2. The van der Waals surface area contributed by atoms with Crippen molar-refractivity contribution in [2.75, 3.05) is 6.54 Å². The van der Waals surface area contributed by atoms with Crippen LogP contribution >= 0.6 is 0 Å². The molecule has 1 atom stereocenters. The van der Waals surface area contributed by atoms with E-state index in [1.165, 1.54) is 0 Å². The first-order valence-corrected chi connectivity index (χ1v) is 4.87. The lowest BCUT2D eigenvalue weighted by Gasteiger charge is -2.52. The van der Waals surface area contributed by atoms with Gasteiger partial charge in [0.2, 0.25) is 0 Å². The molecule has 3 nitrogen and oxygen atoms in total. The summed E-state index contributed by atoms with van der Waals surface area (Å²) in [7, 11) is 0. The topological polar surface area (TPSA) is 52.3 Å². The van der Waals surface area contributed by atoms with E-state index < -0.39 is 0 Å². The Labute approximate surface area is 78.6 Å². The van der Waals surface area contributed by atoms with Gasteiger partial charge in [-0.3, -0.25) is 4.79 Å². The van der Waals surface area contributed by atoms with E-state index >= 15 is 0 Å². The summed E-state index contributed by atoms with van der Waals surface area (Å²) in [5.74, 6) is -0.0639. The van der Waals surface area contributed by atoms with Crippen molar-refractivity contribution in [1.82, 2.24) is 0 Å². The number of carbonyl (C=O) groups excluding carboxylic acids is 1. The molecule has 1 aliphatic heterocycles. The molecule has 2 rings (SSSR count). The van der Waals surface area contributed by atoms with Gasteiger partial charge in [-0.15, -0.1) is 0 Å². The zero-order valence-corrected chi connectivity index (χ0v) is 8.30. The molecule has 2 fully saturated rings. The van der Waals surface area contributed by atoms with Gasteiger partial charge in [0.25, 0.3) is 0 Å². The maximum absolute atomic E-state index is 11.2. The lowest BCUT2D eigenvalue weighted by Crippen LogP contribution is -2.50. The zero-order valence-electron chi connectivity index (χ0n) is 8.30. The number of cyclic esters (lactones) is 1. The van der Waals surface area contributed by atoms with Crippen LogP contribution in [0.25, 0.3) is 0 Å². The van der Waals surface area contributed by atoms with Gasteiger partial charge in [0.05, 0.1) is 6.42 Å². The van der Waals surface area contributed by atoms with Crippen molar-refractivity contribution in [2.45, 2.75) is 39.2 Å². The van der Waals surface area contributed by atoms with Gasteiger partial charge in [-0.25, -0.2) is 0 Å². The predicted molar refractivity (Wildman–Crippen MR) is 49.0 cm³/mol. The van der Waals surface area contributed by atoms with E-state index in [1.54, 1.807) is 0 Å².